The summed E-state index contributed by atoms with van der Waals surface area (Å²) in [5.74, 6) is -0.147. The van der Waals surface area contributed by atoms with E-state index in [1.54, 1.807) is 12.4 Å². The Morgan fingerprint density at radius 2 is 1.94 bits per heavy atom. The number of para-hydroxylation sites is 1. The molecule has 1 saturated heterocycles. The second-order valence-corrected chi connectivity index (χ2v) is 8.45. The number of nitrogens with zero attached hydrogens (tertiary/aromatic N) is 4. The van der Waals surface area contributed by atoms with Gasteiger partial charge in [-0.05, 0) is 54.8 Å². The molecule has 1 aliphatic rings. The van der Waals surface area contributed by atoms with Crippen LogP contribution in [0.25, 0.3) is 0 Å². The van der Waals surface area contributed by atoms with Crippen molar-refractivity contribution in [2.75, 3.05) is 16.8 Å². The Labute approximate surface area is 185 Å². The van der Waals surface area contributed by atoms with E-state index >= 15 is 0 Å². The lowest BCUT2D eigenvalue weighted by molar-refractivity contribution is 0.101. The zero-order valence-corrected chi connectivity index (χ0v) is 17.8. The third-order valence-corrected chi connectivity index (χ3v) is 6.36. The highest BCUT2D eigenvalue weighted by molar-refractivity contribution is 7.14. The zero-order valence-electron chi connectivity index (χ0n) is 17.0. The summed E-state index contributed by atoms with van der Waals surface area (Å²) in [5.41, 5.74) is 3.95. The number of hydrogen-bond acceptors (Lipinski definition) is 5. The van der Waals surface area contributed by atoms with Crippen molar-refractivity contribution in [2.24, 2.45) is 0 Å². The zero-order chi connectivity index (χ0) is 21.0. The first-order chi connectivity index (χ1) is 15.3. The monoisotopic (exact) mass is 429 g/mol. The number of hydrogen-bond donors (Lipinski definition) is 1. The van der Waals surface area contributed by atoms with Crippen LogP contribution in [0.4, 0.5) is 10.8 Å². The van der Waals surface area contributed by atoms with Gasteiger partial charge in [0.05, 0.1) is 11.7 Å². The van der Waals surface area contributed by atoms with E-state index in [2.05, 4.69) is 44.8 Å². The number of anilines is 2. The van der Waals surface area contributed by atoms with E-state index in [-0.39, 0.29) is 11.9 Å². The van der Waals surface area contributed by atoms with Gasteiger partial charge in [0.1, 0.15) is 5.69 Å². The van der Waals surface area contributed by atoms with Gasteiger partial charge in [0.25, 0.3) is 5.91 Å². The molecule has 1 amide bonds. The summed E-state index contributed by atoms with van der Waals surface area (Å²) >= 11 is 1.48. The average molecular weight is 430 g/mol. The Morgan fingerprint density at radius 1 is 1.10 bits per heavy atom. The number of amides is 1. The fourth-order valence-corrected chi connectivity index (χ4v) is 4.86. The maximum Gasteiger partial charge on any atom is 0.274 e. The summed E-state index contributed by atoms with van der Waals surface area (Å²) in [6, 6.07) is 18.3. The van der Waals surface area contributed by atoms with Gasteiger partial charge in [-0.15, -0.1) is 11.3 Å². The van der Waals surface area contributed by atoms with Crippen LogP contribution in [-0.4, -0.2) is 27.0 Å². The van der Waals surface area contributed by atoms with Gasteiger partial charge in [0.15, 0.2) is 5.13 Å². The van der Waals surface area contributed by atoms with Gasteiger partial charge in [-0.2, -0.15) is 0 Å². The molecule has 1 atom stereocenters. The van der Waals surface area contributed by atoms with Gasteiger partial charge in [-0.3, -0.25) is 15.1 Å². The molecule has 4 heterocycles. The smallest absolute Gasteiger partial charge is 0.274 e. The first-order valence-electron chi connectivity index (χ1n) is 10.4. The highest BCUT2D eigenvalue weighted by atomic mass is 32.1. The minimum Gasteiger partial charge on any atom is -0.363 e. The highest BCUT2D eigenvalue weighted by Gasteiger charge is 2.28. The lowest BCUT2D eigenvalue weighted by atomic mass is 10.1. The molecule has 1 aromatic carbocycles. The van der Waals surface area contributed by atoms with Crippen LogP contribution in [0.15, 0.2) is 78.6 Å². The van der Waals surface area contributed by atoms with Crippen molar-refractivity contribution in [3.8, 4) is 0 Å². The van der Waals surface area contributed by atoms with Crippen molar-refractivity contribution in [3.63, 3.8) is 0 Å². The number of benzene rings is 1. The summed E-state index contributed by atoms with van der Waals surface area (Å²) in [5, 5.41) is 5.69. The lowest BCUT2D eigenvalue weighted by Crippen LogP contribution is -2.22. The SMILES string of the molecule is O=C(Nc1nc(C2CCCN2c2ccccc2)cs1)c1cccn1Cc1ccncc1. The second kappa shape index (κ2) is 8.73. The summed E-state index contributed by atoms with van der Waals surface area (Å²) in [4.78, 5) is 24.1. The Morgan fingerprint density at radius 3 is 2.77 bits per heavy atom. The molecule has 3 aromatic heterocycles. The first-order valence-corrected chi connectivity index (χ1v) is 11.3. The predicted octanol–water partition coefficient (Wildman–Crippen LogP) is 4.98. The molecule has 1 N–H and O–H groups in total. The van der Waals surface area contributed by atoms with Crippen LogP contribution >= 0.6 is 11.3 Å². The van der Waals surface area contributed by atoms with Gasteiger partial charge in [-0.25, -0.2) is 4.98 Å². The molecule has 0 aliphatic carbocycles. The van der Waals surface area contributed by atoms with Crippen molar-refractivity contribution in [1.82, 2.24) is 14.5 Å². The Hall–Kier alpha value is -3.45. The molecule has 1 fully saturated rings. The number of thiazole rings is 1. The molecule has 5 rings (SSSR count). The molecule has 0 bridgehead atoms. The van der Waals surface area contributed by atoms with E-state index < -0.39 is 0 Å². The largest absolute Gasteiger partial charge is 0.363 e. The standard InChI is InChI=1S/C24H23N5OS/c30-23(22-9-4-14-28(22)16-18-10-12-25-13-11-18)27-24-26-20(17-31-24)21-8-5-15-29(21)19-6-2-1-3-7-19/h1-4,6-7,9-14,17,21H,5,8,15-16H2,(H,26,27,30). The Bertz CT molecular complexity index is 1150. The molecule has 7 heteroatoms. The maximum absolute atomic E-state index is 12.9. The molecule has 1 aliphatic heterocycles. The van der Waals surface area contributed by atoms with E-state index in [9.17, 15) is 4.79 Å². The van der Waals surface area contributed by atoms with Crippen molar-refractivity contribution in [2.45, 2.75) is 25.4 Å². The van der Waals surface area contributed by atoms with Gasteiger partial charge in [0.2, 0.25) is 0 Å². The molecule has 0 saturated carbocycles. The predicted molar refractivity (Wildman–Crippen MR) is 124 cm³/mol. The minimum absolute atomic E-state index is 0.147. The van der Waals surface area contributed by atoms with Gasteiger partial charge in [-0.1, -0.05) is 18.2 Å². The summed E-state index contributed by atoms with van der Waals surface area (Å²) in [6.45, 7) is 1.64. The van der Waals surface area contributed by atoms with Gasteiger partial charge >= 0.3 is 0 Å². The van der Waals surface area contributed by atoms with Crippen molar-refractivity contribution in [1.29, 1.82) is 0 Å². The molecule has 0 radical (unpaired) electrons. The highest BCUT2D eigenvalue weighted by Crippen LogP contribution is 2.37. The number of aromatic nitrogens is 3. The van der Waals surface area contributed by atoms with Crippen molar-refractivity contribution >= 4 is 28.1 Å². The fourth-order valence-electron chi connectivity index (χ4n) is 4.10. The normalized spacial score (nSPS) is 15.9. The van der Waals surface area contributed by atoms with E-state index in [0.717, 1.165) is 30.6 Å². The lowest BCUT2D eigenvalue weighted by Gasteiger charge is -2.25. The Balaban J connectivity index is 1.29. The van der Waals surface area contributed by atoms with Crippen LogP contribution < -0.4 is 10.2 Å². The van der Waals surface area contributed by atoms with Gasteiger partial charge in [0, 0.05) is 42.7 Å². The molecule has 156 valence electrons. The third-order valence-electron chi connectivity index (χ3n) is 5.59. The van der Waals surface area contributed by atoms with Crippen molar-refractivity contribution < 1.29 is 4.79 Å². The van der Waals surface area contributed by atoms with Crippen LogP contribution in [-0.2, 0) is 6.54 Å². The number of nitrogens with one attached hydrogen (secondary N) is 1. The second-order valence-electron chi connectivity index (χ2n) is 7.60. The molecule has 4 aromatic rings. The number of rotatable bonds is 6. The van der Waals surface area contributed by atoms with Crippen LogP contribution in [0, 0.1) is 0 Å². The third kappa shape index (κ3) is 4.22. The molecule has 0 spiro atoms. The fraction of sp³-hybridized carbons (Fsp3) is 0.208. The summed E-state index contributed by atoms with van der Waals surface area (Å²) < 4.78 is 1.94. The van der Waals surface area contributed by atoms with E-state index in [1.807, 2.05) is 41.1 Å². The van der Waals surface area contributed by atoms with Crippen molar-refractivity contribution in [3.05, 3.63) is 95.5 Å². The van der Waals surface area contributed by atoms with Gasteiger partial charge < -0.3 is 9.47 Å². The first kappa shape index (κ1) is 19.5. The topological polar surface area (TPSA) is 63.1 Å². The molecule has 31 heavy (non-hydrogen) atoms. The van der Waals surface area contributed by atoms with Crippen LogP contribution in [0.3, 0.4) is 0 Å². The summed E-state index contributed by atoms with van der Waals surface area (Å²) in [7, 11) is 0. The van der Waals surface area contributed by atoms with Crippen LogP contribution in [0.2, 0.25) is 0 Å². The number of pyridine rings is 1. The quantitative estimate of drug-likeness (QED) is 0.469. The molecule has 6 nitrogen and oxygen atoms in total. The maximum atomic E-state index is 12.9. The average Bonchev–Trinajstić information content (AvgIpc) is 3.56. The van der Waals surface area contributed by atoms with E-state index in [4.69, 9.17) is 4.98 Å². The number of carbonyl (C=O) groups is 1. The van der Waals surface area contributed by atoms with E-state index in [0.29, 0.717) is 17.4 Å². The van der Waals surface area contributed by atoms with Crippen LogP contribution in [0.1, 0.15) is 40.6 Å². The number of carbonyl (C=O) groups excluding carboxylic acids is 1. The summed E-state index contributed by atoms with van der Waals surface area (Å²) in [6.07, 6.45) is 7.65. The van der Waals surface area contributed by atoms with E-state index in [1.165, 1.54) is 17.0 Å². The minimum atomic E-state index is -0.147. The molecule has 1 unspecified atom stereocenters. The molecular formula is C24H23N5OS. The Kier molecular flexibility index (Phi) is 5.50. The molecular weight excluding hydrogens is 406 g/mol. The van der Waals surface area contributed by atoms with Crippen LogP contribution in [0.5, 0.6) is 0 Å².